The molecule has 8 nitrogen and oxygen atoms in total. The van der Waals surface area contributed by atoms with E-state index in [2.05, 4.69) is 63.1 Å². The third kappa shape index (κ3) is 9.97. The van der Waals surface area contributed by atoms with Crippen LogP contribution < -0.4 is 9.44 Å². The standard InChI is InChI=1S/C56H74N2O6S2/c1-7-21-37-35-39(23-9-3)53(57-65(61,62)41-27-15-13-16-28-41)47(25-11-5)49(37)45-33-34-46(52-51(45)55(59)43-31-19-20-32-44(43)56(52)60)50-38(22-8-2)36-40(24-10-4)54(48(50)26-12-6)58-66(63,64)42-29-17-14-18-30-42/h19-20,31-36,41-42,57-58H,7-18,21-30H2,1-6H3. The van der Waals surface area contributed by atoms with Crippen molar-refractivity contribution in [2.75, 3.05) is 9.44 Å². The Labute approximate surface area is 396 Å². The van der Waals surface area contributed by atoms with Gasteiger partial charge in [0.05, 0.1) is 21.9 Å². The lowest BCUT2D eigenvalue weighted by atomic mass is 9.73. The molecule has 0 spiro atoms. The number of rotatable bonds is 20. The van der Waals surface area contributed by atoms with E-state index in [-0.39, 0.29) is 11.6 Å². The van der Waals surface area contributed by atoms with Crippen LogP contribution in [0.3, 0.4) is 0 Å². The molecule has 3 aliphatic carbocycles. The Kier molecular flexibility index (Phi) is 16.4. The molecule has 4 aromatic rings. The monoisotopic (exact) mass is 934 g/mol. The molecular formula is C56H74N2O6S2. The molecule has 0 heterocycles. The van der Waals surface area contributed by atoms with Crippen LogP contribution in [0, 0.1) is 0 Å². The minimum atomic E-state index is -3.73. The molecule has 0 unspecified atom stereocenters. The van der Waals surface area contributed by atoms with Gasteiger partial charge >= 0.3 is 0 Å². The Balaban J connectivity index is 1.58. The first-order valence-electron chi connectivity index (χ1n) is 25.6. The van der Waals surface area contributed by atoms with Gasteiger partial charge in [0.15, 0.2) is 11.6 Å². The van der Waals surface area contributed by atoms with E-state index in [4.69, 9.17) is 0 Å². The number of hydrogen-bond acceptors (Lipinski definition) is 6. The smallest absolute Gasteiger partial charge is 0.235 e. The molecule has 2 N–H and O–H groups in total. The van der Waals surface area contributed by atoms with E-state index in [0.717, 1.165) is 122 Å². The third-order valence-electron chi connectivity index (χ3n) is 14.4. The number of ketones is 2. The summed E-state index contributed by atoms with van der Waals surface area (Å²) in [5.74, 6) is -0.474. The van der Waals surface area contributed by atoms with Gasteiger partial charge in [-0.1, -0.05) is 167 Å². The van der Waals surface area contributed by atoms with E-state index in [1.807, 2.05) is 12.1 Å². The van der Waals surface area contributed by atoms with Crippen LogP contribution in [0.2, 0.25) is 0 Å². The first-order chi connectivity index (χ1) is 31.8. The van der Waals surface area contributed by atoms with Crippen LogP contribution in [0.15, 0.2) is 48.5 Å². The predicted molar refractivity (Wildman–Crippen MR) is 273 cm³/mol. The summed E-state index contributed by atoms with van der Waals surface area (Å²) >= 11 is 0. The van der Waals surface area contributed by atoms with Crippen LogP contribution in [-0.2, 0) is 58.6 Å². The molecule has 7 rings (SSSR count). The van der Waals surface area contributed by atoms with Crippen molar-refractivity contribution in [2.45, 2.75) is 193 Å². The van der Waals surface area contributed by atoms with Crippen molar-refractivity contribution in [3.05, 3.63) is 104 Å². The zero-order valence-corrected chi connectivity index (χ0v) is 42.2. The topological polar surface area (TPSA) is 126 Å². The van der Waals surface area contributed by atoms with E-state index in [0.29, 0.717) is 109 Å². The minimum Gasteiger partial charge on any atom is -0.289 e. The number of sulfonamides is 2. The van der Waals surface area contributed by atoms with Crippen LogP contribution >= 0.6 is 0 Å². The maximum atomic E-state index is 15.5. The lowest BCUT2D eigenvalue weighted by Gasteiger charge is -2.30. The fourth-order valence-corrected chi connectivity index (χ4v) is 14.7. The van der Waals surface area contributed by atoms with Gasteiger partial charge in [-0.2, -0.15) is 0 Å². The van der Waals surface area contributed by atoms with Gasteiger partial charge in [-0.05, 0) is 120 Å². The Morgan fingerprint density at radius 3 is 1.09 bits per heavy atom. The molecule has 0 saturated heterocycles. The number of benzene rings is 4. The molecule has 3 aliphatic rings. The summed E-state index contributed by atoms with van der Waals surface area (Å²) < 4.78 is 63.9. The van der Waals surface area contributed by atoms with Crippen LogP contribution in [-0.4, -0.2) is 38.9 Å². The molecule has 356 valence electrons. The molecule has 66 heavy (non-hydrogen) atoms. The van der Waals surface area contributed by atoms with E-state index in [9.17, 15) is 16.8 Å². The SMILES string of the molecule is CCCc1cc(CCC)c(-c2ccc(-c3c(CCC)cc(CCC)c(NS(=O)(=O)C4CCCCC4)c3CCC)c3c2C(=O)c2ccccc2C3=O)c(CCC)c1NS(=O)(=O)C1CCCCC1. The zero-order valence-electron chi connectivity index (χ0n) is 40.6. The summed E-state index contributed by atoms with van der Waals surface area (Å²) in [6, 6.07) is 15.4. The largest absolute Gasteiger partial charge is 0.289 e. The quantitative estimate of drug-likeness (QED) is 0.0800. The van der Waals surface area contributed by atoms with Crippen molar-refractivity contribution in [3.8, 4) is 22.3 Å². The van der Waals surface area contributed by atoms with E-state index in [1.54, 1.807) is 24.3 Å². The van der Waals surface area contributed by atoms with Gasteiger partial charge in [0.1, 0.15) is 0 Å². The molecule has 2 fully saturated rings. The van der Waals surface area contributed by atoms with E-state index >= 15 is 9.59 Å². The van der Waals surface area contributed by atoms with Crippen molar-refractivity contribution < 1.29 is 26.4 Å². The predicted octanol–water partition coefficient (Wildman–Crippen LogP) is 13.7. The molecule has 0 amide bonds. The molecule has 0 aromatic heterocycles. The van der Waals surface area contributed by atoms with Crippen molar-refractivity contribution in [1.82, 2.24) is 0 Å². The van der Waals surface area contributed by atoms with E-state index < -0.39 is 30.5 Å². The molecule has 10 heteroatoms. The lowest BCUT2D eigenvalue weighted by Crippen LogP contribution is -2.31. The summed E-state index contributed by atoms with van der Waals surface area (Å²) in [4.78, 5) is 31.0. The van der Waals surface area contributed by atoms with Gasteiger partial charge < -0.3 is 0 Å². The highest BCUT2D eigenvalue weighted by Crippen LogP contribution is 2.48. The van der Waals surface area contributed by atoms with Crippen molar-refractivity contribution >= 4 is 43.0 Å². The highest BCUT2D eigenvalue weighted by atomic mass is 32.2. The number of fused-ring (bicyclic) bond motifs is 2. The molecule has 0 bridgehead atoms. The Hall–Kier alpha value is -4.28. The molecule has 4 aromatic carbocycles. The summed E-state index contributed by atoms with van der Waals surface area (Å²) in [6.07, 6.45) is 17.0. The fraction of sp³-hybridized carbons (Fsp3) is 0.536. The number of aryl methyl sites for hydroxylation is 4. The van der Waals surface area contributed by atoms with Gasteiger partial charge in [-0.25, -0.2) is 16.8 Å². The molecule has 0 radical (unpaired) electrons. The van der Waals surface area contributed by atoms with Gasteiger partial charge in [-0.15, -0.1) is 0 Å². The minimum absolute atomic E-state index is 0.237. The number of carbonyl (C=O) groups excluding carboxylic acids is 2. The first-order valence-corrected chi connectivity index (χ1v) is 28.7. The highest BCUT2D eigenvalue weighted by molar-refractivity contribution is 7.93. The molecular weight excluding hydrogens is 861 g/mol. The molecule has 0 aliphatic heterocycles. The summed E-state index contributed by atoms with van der Waals surface area (Å²) in [7, 11) is -7.47. The lowest BCUT2D eigenvalue weighted by molar-refractivity contribution is 0.0980. The van der Waals surface area contributed by atoms with Gasteiger partial charge in [0, 0.05) is 22.3 Å². The average molecular weight is 935 g/mol. The maximum absolute atomic E-state index is 15.5. The zero-order chi connectivity index (χ0) is 47.2. The highest BCUT2D eigenvalue weighted by Gasteiger charge is 2.38. The van der Waals surface area contributed by atoms with Crippen molar-refractivity contribution in [2.24, 2.45) is 0 Å². The Bertz CT molecular complexity index is 2470. The summed E-state index contributed by atoms with van der Waals surface area (Å²) in [5, 5.41) is -0.931. The first kappa shape index (κ1) is 49.6. The van der Waals surface area contributed by atoms with Crippen molar-refractivity contribution in [3.63, 3.8) is 0 Å². The van der Waals surface area contributed by atoms with Crippen LogP contribution in [0.5, 0.6) is 0 Å². The number of nitrogens with one attached hydrogen (secondary N) is 2. The second kappa shape index (κ2) is 21.8. The van der Waals surface area contributed by atoms with Crippen LogP contribution in [0.4, 0.5) is 11.4 Å². The second-order valence-electron chi connectivity index (χ2n) is 19.3. The maximum Gasteiger partial charge on any atom is 0.235 e. The fourth-order valence-electron chi connectivity index (χ4n) is 11.4. The van der Waals surface area contributed by atoms with Gasteiger partial charge in [0.2, 0.25) is 20.0 Å². The third-order valence-corrected chi connectivity index (χ3v) is 18.0. The summed E-state index contributed by atoms with van der Waals surface area (Å²) in [5.41, 5.74) is 11.4. The number of carbonyl (C=O) groups is 2. The van der Waals surface area contributed by atoms with E-state index in [1.165, 1.54) is 0 Å². The van der Waals surface area contributed by atoms with Gasteiger partial charge in [0.25, 0.3) is 0 Å². The molecule has 2 saturated carbocycles. The van der Waals surface area contributed by atoms with Crippen LogP contribution in [0.1, 0.15) is 209 Å². The second-order valence-corrected chi connectivity index (χ2v) is 23.2. The normalized spacial score (nSPS) is 16.0. The Morgan fingerprint density at radius 2 is 0.758 bits per heavy atom. The number of hydrogen-bond donors (Lipinski definition) is 2. The van der Waals surface area contributed by atoms with Gasteiger partial charge in [-0.3, -0.25) is 19.0 Å². The average Bonchev–Trinajstić information content (AvgIpc) is 3.31. The molecule has 0 atom stereocenters. The Morgan fingerprint density at radius 1 is 0.424 bits per heavy atom. The van der Waals surface area contributed by atoms with Crippen molar-refractivity contribution in [1.29, 1.82) is 0 Å². The number of anilines is 2. The van der Waals surface area contributed by atoms with Crippen LogP contribution in [0.25, 0.3) is 22.3 Å². The summed E-state index contributed by atoms with van der Waals surface area (Å²) in [6.45, 7) is 12.7.